The summed E-state index contributed by atoms with van der Waals surface area (Å²) in [4.78, 5) is 0. The second-order valence-corrected chi connectivity index (χ2v) is 6.89. The van der Waals surface area contributed by atoms with E-state index in [2.05, 4.69) is 25.2 Å². The smallest absolute Gasteiger partial charge is 0.0167 e. The van der Waals surface area contributed by atoms with Crippen molar-refractivity contribution in [1.29, 1.82) is 0 Å². The van der Waals surface area contributed by atoms with E-state index < -0.39 is 0 Å². The van der Waals surface area contributed by atoms with E-state index in [1.807, 2.05) is 0 Å². The van der Waals surface area contributed by atoms with Crippen molar-refractivity contribution >= 4 is 0 Å². The van der Waals surface area contributed by atoms with Crippen molar-refractivity contribution in [2.45, 2.75) is 71.6 Å². The predicted molar refractivity (Wildman–Crippen MR) is 84.3 cm³/mol. The van der Waals surface area contributed by atoms with E-state index in [4.69, 9.17) is 0 Å². The topological polar surface area (TPSA) is 12.0 Å². The highest BCUT2D eigenvalue weighted by Gasteiger charge is 2.21. The van der Waals surface area contributed by atoms with Crippen molar-refractivity contribution in [3.63, 3.8) is 0 Å². The van der Waals surface area contributed by atoms with Crippen molar-refractivity contribution in [3.8, 4) is 0 Å². The highest BCUT2D eigenvalue weighted by Crippen LogP contribution is 2.34. The minimum absolute atomic E-state index is 0.874. The molecule has 0 spiro atoms. The van der Waals surface area contributed by atoms with E-state index in [1.165, 1.54) is 57.8 Å². The Morgan fingerprint density at radius 1 is 1.05 bits per heavy atom. The molecule has 19 heavy (non-hydrogen) atoms. The van der Waals surface area contributed by atoms with Crippen LogP contribution in [-0.4, -0.2) is 13.1 Å². The van der Waals surface area contributed by atoms with Crippen LogP contribution in [0.25, 0.3) is 0 Å². The molecule has 2 rings (SSSR count). The van der Waals surface area contributed by atoms with Crippen molar-refractivity contribution in [3.05, 3.63) is 11.6 Å². The van der Waals surface area contributed by atoms with Gasteiger partial charge in [-0.25, -0.2) is 0 Å². The fourth-order valence-corrected chi connectivity index (χ4v) is 4.02. The van der Waals surface area contributed by atoms with Crippen molar-refractivity contribution in [2.24, 2.45) is 17.8 Å². The molecule has 2 aliphatic rings. The van der Waals surface area contributed by atoms with Gasteiger partial charge in [0.05, 0.1) is 0 Å². The molecule has 0 aromatic rings. The average molecular weight is 263 g/mol. The van der Waals surface area contributed by atoms with Gasteiger partial charge in [-0.15, -0.1) is 0 Å². The zero-order chi connectivity index (χ0) is 13.5. The summed E-state index contributed by atoms with van der Waals surface area (Å²) in [6, 6.07) is 0. The van der Waals surface area contributed by atoms with Gasteiger partial charge < -0.3 is 5.32 Å². The molecule has 0 saturated heterocycles. The Labute approximate surface area is 120 Å². The Morgan fingerprint density at radius 2 is 1.84 bits per heavy atom. The van der Waals surface area contributed by atoms with Gasteiger partial charge in [-0.1, -0.05) is 57.6 Å². The van der Waals surface area contributed by atoms with Crippen molar-refractivity contribution < 1.29 is 0 Å². The molecule has 0 aromatic heterocycles. The van der Waals surface area contributed by atoms with Gasteiger partial charge in [-0.3, -0.25) is 0 Å². The van der Waals surface area contributed by atoms with E-state index in [0.717, 1.165) is 30.8 Å². The summed E-state index contributed by atoms with van der Waals surface area (Å²) in [6.45, 7) is 6.91. The van der Waals surface area contributed by atoms with Crippen LogP contribution in [0.4, 0.5) is 0 Å². The zero-order valence-electron chi connectivity index (χ0n) is 13.1. The summed E-state index contributed by atoms with van der Waals surface area (Å²) >= 11 is 0. The van der Waals surface area contributed by atoms with Crippen molar-refractivity contribution in [1.82, 2.24) is 5.32 Å². The molecule has 2 unspecified atom stereocenters. The molecule has 0 heterocycles. The molecule has 2 aliphatic carbocycles. The van der Waals surface area contributed by atoms with Crippen LogP contribution in [0.2, 0.25) is 0 Å². The largest absolute Gasteiger partial charge is 0.313 e. The summed E-state index contributed by atoms with van der Waals surface area (Å²) in [7, 11) is 0. The maximum absolute atomic E-state index is 3.58. The lowest BCUT2D eigenvalue weighted by Crippen LogP contribution is -2.23. The SMILES string of the molecule is CCNCC(=CC1CCCC(C)C1)C1CCCCC1. The first-order valence-electron chi connectivity index (χ1n) is 8.71. The first-order valence-corrected chi connectivity index (χ1v) is 8.71. The lowest BCUT2D eigenvalue weighted by Gasteiger charge is -2.29. The van der Waals surface area contributed by atoms with Gasteiger partial charge in [0.2, 0.25) is 0 Å². The normalized spacial score (nSPS) is 30.5. The zero-order valence-corrected chi connectivity index (χ0v) is 13.1. The number of hydrogen-bond donors (Lipinski definition) is 1. The molecular weight excluding hydrogens is 230 g/mol. The lowest BCUT2D eigenvalue weighted by molar-refractivity contribution is 0.319. The molecule has 1 heteroatoms. The Bertz CT molecular complexity index is 275. The Morgan fingerprint density at radius 3 is 2.53 bits per heavy atom. The third kappa shape index (κ3) is 4.95. The van der Waals surface area contributed by atoms with Crippen LogP contribution in [0.3, 0.4) is 0 Å². The molecule has 0 bridgehead atoms. The molecular formula is C18H33N. The average Bonchev–Trinajstić information content (AvgIpc) is 2.44. The Balaban J connectivity index is 1.97. The molecule has 0 aromatic carbocycles. The van der Waals surface area contributed by atoms with Crippen LogP contribution >= 0.6 is 0 Å². The summed E-state index contributed by atoms with van der Waals surface area (Å²) in [6.07, 6.45) is 15.7. The fraction of sp³-hybridized carbons (Fsp3) is 0.889. The standard InChI is InChI=1S/C18H33N/c1-3-19-14-18(17-10-5-4-6-11-17)13-16-9-7-8-15(2)12-16/h13,15-17,19H,3-12,14H2,1-2H3. The molecule has 1 N–H and O–H groups in total. The van der Waals surface area contributed by atoms with E-state index in [0.29, 0.717) is 0 Å². The predicted octanol–water partition coefficient (Wildman–Crippen LogP) is 4.93. The first-order chi connectivity index (χ1) is 9.29. The van der Waals surface area contributed by atoms with E-state index in [9.17, 15) is 0 Å². The van der Waals surface area contributed by atoms with E-state index in [-0.39, 0.29) is 0 Å². The van der Waals surface area contributed by atoms with Crippen LogP contribution in [0.5, 0.6) is 0 Å². The number of hydrogen-bond acceptors (Lipinski definition) is 1. The maximum atomic E-state index is 3.58. The molecule has 110 valence electrons. The third-order valence-corrected chi connectivity index (χ3v) is 5.14. The molecule has 0 radical (unpaired) electrons. The van der Waals surface area contributed by atoms with Gasteiger partial charge in [-0.05, 0) is 50.0 Å². The second kappa shape index (κ2) is 8.09. The summed E-state index contributed by atoms with van der Waals surface area (Å²) in [5.41, 5.74) is 1.75. The first kappa shape index (κ1) is 15.1. The maximum Gasteiger partial charge on any atom is 0.0167 e. The molecule has 2 atom stereocenters. The van der Waals surface area contributed by atoms with Gasteiger partial charge in [0.1, 0.15) is 0 Å². The van der Waals surface area contributed by atoms with Gasteiger partial charge in [0.25, 0.3) is 0 Å². The number of allylic oxidation sites excluding steroid dienone is 1. The van der Waals surface area contributed by atoms with Gasteiger partial charge in [0, 0.05) is 6.54 Å². The number of likely N-dealkylation sites (N-methyl/N-ethyl adjacent to an activating group) is 1. The van der Waals surface area contributed by atoms with Crippen LogP contribution < -0.4 is 5.32 Å². The van der Waals surface area contributed by atoms with Gasteiger partial charge >= 0.3 is 0 Å². The number of nitrogens with one attached hydrogen (secondary N) is 1. The van der Waals surface area contributed by atoms with Crippen molar-refractivity contribution in [2.75, 3.05) is 13.1 Å². The van der Waals surface area contributed by atoms with E-state index >= 15 is 0 Å². The summed E-state index contributed by atoms with van der Waals surface area (Å²) in [5.74, 6) is 2.71. The summed E-state index contributed by atoms with van der Waals surface area (Å²) < 4.78 is 0. The Kier molecular flexibility index (Phi) is 6.43. The molecule has 2 fully saturated rings. The minimum Gasteiger partial charge on any atom is -0.313 e. The monoisotopic (exact) mass is 263 g/mol. The minimum atomic E-state index is 0.874. The lowest BCUT2D eigenvalue weighted by atomic mass is 9.78. The molecule has 0 aliphatic heterocycles. The second-order valence-electron chi connectivity index (χ2n) is 6.89. The molecule has 0 amide bonds. The fourth-order valence-electron chi connectivity index (χ4n) is 4.02. The number of rotatable bonds is 5. The quantitative estimate of drug-likeness (QED) is 0.694. The molecule has 2 saturated carbocycles. The third-order valence-electron chi connectivity index (χ3n) is 5.14. The van der Waals surface area contributed by atoms with E-state index in [1.54, 1.807) is 5.57 Å². The highest BCUT2D eigenvalue weighted by molar-refractivity contribution is 5.12. The van der Waals surface area contributed by atoms with Gasteiger partial charge in [0.15, 0.2) is 0 Å². The highest BCUT2D eigenvalue weighted by atomic mass is 14.8. The Hall–Kier alpha value is -0.300. The summed E-state index contributed by atoms with van der Waals surface area (Å²) in [5, 5.41) is 3.58. The molecule has 1 nitrogen and oxygen atoms in total. The van der Waals surface area contributed by atoms with Crippen LogP contribution in [0.15, 0.2) is 11.6 Å². The van der Waals surface area contributed by atoms with Crippen LogP contribution in [-0.2, 0) is 0 Å². The van der Waals surface area contributed by atoms with Gasteiger partial charge in [-0.2, -0.15) is 0 Å². The van der Waals surface area contributed by atoms with Crippen LogP contribution in [0.1, 0.15) is 71.6 Å². The van der Waals surface area contributed by atoms with Crippen LogP contribution in [0, 0.1) is 17.8 Å².